The fourth-order valence-electron chi connectivity index (χ4n) is 2.21. The summed E-state index contributed by atoms with van der Waals surface area (Å²) >= 11 is 0. The molecule has 25 heavy (non-hydrogen) atoms. The number of hydrogen-bond acceptors (Lipinski definition) is 3. The molecule has 0 unspecified atom stereocenters. The van der Waals surface area contributed by atoms with E-state index >= 15 is 0 Å². The van der Waals surface area contributed by atoms with Crippen LogP contribution in [0.4, 0.5) is 0 Å². The Kier molecular flexibility index (Phi) is 5.59. The van der Waals surface area contributed by atoms with E-state index in [1.165, 1.54) is 6.08 Å². The summed E-state index contributed by atoms with van der Waals surface area (Å²) in [5, 5.41) is 2.94. The van der Waals surface area contributed by atoms with E-state index in [1.54, 1.807) is 30.3 Å². The monoisotopic (exact) mass is 336 g/mol. The second-order valence-electron chi connectivity index (χ2n) is 5.94. The number of benzene rings is 2. The van der Waals surface area contributed by atoms with Crippen molar-refractivity contribution >= 4 is 17.9 Å². The van der Waals surface area contributed by atoms with E-state index in [0.29, 0.717) is 18.2 Å². The van der Waals surface area contributed by atoms with Crippen LogP contribution in [0.2, 0.25) is 0 Å². The molecule has 0 bridgehead atoms. The van der Waals surface area contributed by atoms with E-state index in [2.05, 4.69) is 10.8 Å². The van der Waals surface area contributed by atoms with Gasteiger partial charge in [0.15, 0.2) is 0 Å². The first-order chi connectivity index (χ1) is 12.2. The summed E-state index contributed by atoms with van der Waals surface area (Å²) < 4.78 is 0. The molecule has 5 heteroatoms. The van der Waals surface area contributed by atoms with Gasteiger partial charge in [0.2, 0.25) is 0 Å². The predicted molar refractivity (Wildman–Crippen MR) is 95.3 cm³/mol. The number of hydrogen-bond donors (Lipinski definition) is 2. The highest BCUT2D eigenvalue weighted by atomic mass is 16.6. The molecule has 0 radical (unpaired) electrons. The summed E-state index contributed by atoms with van der Waals surface area (Å²) in [5.41, 5.74) is 4.81. The maximum absolute atomic E-state index is 11.9. The minimum atomic E-state index is -0.341. The molecule has 1 aliphatic carbocycles. The first-order valence-corrected chi connectivity index (χ1v) is 8.25. The second-order valence-corrected chi connectivity index (χ2v) is 5.94. The lowest BCUT2D eigenvalue weighted by Gasteiger charge is -2.04. The van der Waals surface area contributed by atoms with Gasteiger partial charge in [0.25, 0.3) is 11.8 Å². The SMILES string of the molecule is O=C(/C=C/c1ccc(C(=O)NC2CC2)cc1)NOCc1ccccc1. The Bertz CT molecular complexity index is 750. The van der Waals surface area contributed by atoms with Crippen LogP contribution in [0, 0.1) is 0 Å². The Balaban J connectivity index is 1.44. The lowest BCUT2D eigenvalue weighted by molar-refractivity contribution is -0.129. The average Bonchev–Trinajstić information content (AvgIpc) is 3.45. The maximum atomic E-state index is 11.9. The predicted octanol–water partition coefficient (Wildman–Crippen LogP) is 2.84. The molecule has 1 saturated carbocycles. The van der Waals surface area contributed by atoms with Crippen molar-refractivity contribution in [3.63, 3.8) is 0 Å². The van der Waals surface area contributed by atoms with Crippen LogP contribution in [0.5, 0.6) is 0 Å². The van der Waals surface area contributed by atoms with Gasteiger partial charge in [-0.25, -0.2) is 5.48 Å². The van der Waals surface area contributed by atoms with Gasteiger partial charge in [-0.2, -0.15) is 0 Å². The van der Waals surface area contributed by atoms with Crippen molar-refractivity contribution in [1.82, 2.24) is 10.8 Å². The Morgan fingerprint density at radius 1 is 1.04 bits per heavy atom. The molecule has 2 amide bonds. The summed E-state index contributed by atoms with van der Waals surface area (Å²) in [4.78, 5) is 28.8. The molecule has 0 heterocycles. The quantitative estimate of drug-likeness (QED) is 0.603. The van der Waals surface area contributed by atoms with Gasteiger partial charge in [0.05, 0.1) is 6.61 Å². The summed E-state index contributed by atoms with van der Waals surface area (Å²) in [7, 11) is 0. The molecular formula is C20H20N2O3. The first-order valence-electron chi connectivity index (χ1n) is 8.25. The van der Waals surface area contributed by atoms with Gasteiger partial charge in [0.1, 0.15) is 0 Å². The van der Waals surface area contributed by atoms with Crippen molar-refractivity contribution < 1.29 is 14.4 Å². The van der Waals surface area contributed by atoms with Crippen LogP contribution in [-0.2, 0) is 16.2 Å². The van der Waals surface area contributed by atoms with Crippen LogP contribution < -0.4 is 10.8 Å². The van der Waals surface area contributed by atoms with E-state index in [4.69, 9.17) is 4.84 Å². The standard InChI is InChI=1S/C20H20N2O3/c23-19(22-25-14-16-4-2-1-3-5-16)13-8-15-6-9-17(10-7-15)20(24)21-18-11-12-18/h1-10,13,18H,11-12,14H2,(H,21,24)(H,22,23)/b13-8+. The zero-order valence-corrected chi connectivity index (χ0v) is 13.8. The van der Waals surface area contributed by atoms with Crippen LogP contribution in [0.1, 0.15) is 34.3 Å². The van der Waals surface area contributed by atoms with Crippen LogP contribution >= 0.6 is 0 Å². The van der Waals surface area contributed by atoms with Gasteiger partial charge in [-0.05, 0) is 42.2 Å². The van der Waals surface area contributed by atoms with Crippen LogP contribution in [-0.4, -0.2) is 17.9 Å². The number of carbonyl (C=O) groups excluding carboxylic acids is 2. The van der Waals surface area contributed by atoms with Gasteiger partial charge >= 0.3 is 0 Å². The molecule has 0 spiro atoms. The molecule has 1 fully saturated rings. The minimum Gasteiger partial charge on any atom is -0.349 e. The van der Waals surface area contributed by atoms with Gasteiger partial charge in [-0.3, -0.25) is 14.4 Å². The van der Waals surface area contributed by atoms with Crippen molar-refractivity contribution in [3.8, 4) is 0 Å². The maximum Gasteiger partial charge on any atom is 0.267 e. The molecule has 3 rings (SSSR count). The average molecular weight is 336 g/mol. The van der Waals surface area contributed by atoms with Crippen molar-refractivity contribution in [2.75, 3.05) is 0 Å². The Labute approximate surface area is 146 Å². The Morgan fingerprint density at radius 2 is 1.76 bits per heavy atom. The van der Waals surface area contributed by atoms with E-state index in [-0.39, 0.29) is 11.8 Å². The highest BCUT2D eigenvalue weighted by Crippen LogP contribution is 2.19. The van der Waals surface area contributed by atoms with E-state index in [1.807, 2.05) is 30.3 Å². The van der Waals surface area contributed by atoms with Crippen LogP contribution in [0.15, 0.2) is 60.7 Å². The van der Waals surface area contributed by atoms with Crippen molar-refractivity contribution in [2.45, 2.75) is 25.5 Å². The van der Waals surface area contributed by atoms with Gasteiger partial charge in [-0.15, -0.1) is 0 Å². The second kappa shape index (κ2) is 8.26. The molecule has 0 aliphatic heterocycles. The molecule has 0 aromatic heterocycles. The fraction of sp³-hybridized carbons (Fsp3) is 0.200. The van der Waals surface area contributed by atoms with Crippen molar-refractivity contribution in [3.05, 3.63) is 77.4 Å². The third-order valence-electron chi connectivity index (χ3n) is 3.77. The molecule has 0 saturated heterocycles. The van der Waals surface area contributed by atoms with Gasteiger partial charge in [0, 0.05) is 17.7 Å². The largest absolute Gasteiger partial charge is 0.349 e. The fourth-order valence-corrected chi connectivity index (χ4v) is 2.21. The summed E-state index contributed by atoms with van der Waals surface area (Å²) in [6.45, 7) is 0.311. The molecule has 2 aromatic rings. The number of carbonyl (C=O) groups is 2. The van der Waals surface area contributed by atoms with Gasteiger partial charge < -0.3 is 5.32 Å². The normalized spacial score (nSPS) is 13.6. The lowest BCUT2D eigenvalue weighted by Crippen LogP contribution is -2.25. The minimum absolute atomic E-state index is 0.0508. The zero-order chi connectivity index (χ0) is 17.5. The third-order valence-corrected chi connectivity index (χ3v) is 3.77. The molecule has 5 nitrogen and oxygen atoms in total. The van der Waals surface area contributed by atoms with E-state index < -0.39 is 0 Å². The topological polar surface area (TPSA) is 67.4 Å². The highest BCUT2D eigenvalue weighted by Gasteiger charge is 2.23. The zero-order valence-electron chi connectivity index (χ0n) is 13.8. The van der Waals surface area contributed by atoms with E-state index in [0.717, 1.165) is 24.0 Å². The molecule has 2 N–H and O–H groups in total. The highest BCUT2D eigenvalue weighted by molar-refractivity contribution is 5.95. The Morgan fingerprint density at radius 3 is 2.44 bits per heavy atom. The van der Waals surface area contributed by atoms with Crippen molar-refractivity contribution in [2.24, 2.45) is 0 Å². The third kappa shape index (κ3) is 5.58. The van der Waals surface area contributed by atoms with E-state index in [9.17, 15) is 9.59 Å². The molecule has 0 atom stereocenters. The molecule has 128 valence electrons. The summed E-state index contributed by atoms with van der Waals surface area (Å²) in [6.07, 6.45) is 5.19. The molecular weight excluding hydrogens is 316 g/mol. The summed E-state index contributed by atoms with van der Waals surface area (Å²) in [6, 6.07) is 17.0. The number of rotatable bonds is 7. The molecule has 1 aliphatic rings. The van der Waals surface area contributed by atoms with Gasteiger partial charge in [-0.1, -0.05) is 42.5 Å². The van der Waals surface area contributed by atoms with Crippen LogP contribution in [0.3, 0.4) is 0 Å². The summed E-state index contributed by atoms with van der Waals surface area (Å²) in [5.74, 6) is -0.392. The smallest absolute Gasteiger partial charge is 0.267 e. The number of nitrogens with one attached hydrogen (secondary N) is 2. The van der Waals surface area contributed by atoms with Crippen LogP contribution in [0.25, 0.3) is 6.08 Å². The molecule has 2 aromatic carbocycles. The number of amides is 2. The first kappa shape index (κ1) is 16.9. The number of hydroxylamine groups is 1. The Hall–Kier alpha value is -2.92. The lowest BCUT2D eigenvalue weighted by atomic mass is 10.1. The van der Waals surface area contributed by atoms with Crippen molar-refractivity contribution in [1.29, 1.82) is 0 Å².